The van der Waals surface area contributed by atoms with Crippen LogP contribution in [0.15, 0.2) is 0 Å². The van der Waals surface area contributed by atoms with Crippen LogP contribution in [0.25, 0.3) is 0 Å². The number of ether oxygens (including phenoxy) is 2. The molecule has 3 heteroatoms. The first-order valence-electron chi connectivity index (χ1n) is 5.47. The van der Waals surface area contributed by atoms with Crippen molar-refractivity contribution in [1.29, 1.82) is 0 Å². The van der Waals surface area contributed by atoms with Crippen LogP contribution >= 0.6 is 0 Å². The van der Waals surface area contributed by atoms with Gasteiger partial charge in [0.25, 0.3) is 0 Å². The third-order valence-electron chi connectivity index (χ3n) is 1.99. The third kappa shape index (κ3) is 6.75. The Morgan fingerprint density at radius 3 is 1.64 bits per heavy atom. The Kier molecular flexibility index (Phi) is 7.25. The van der Waals surface area contributed by atoms with Crippen LogP contribution in [0.1, 0.15) is 53.4 Å². The molecule has 0 amide bonds. The second-order valence-electron chi connectivity index (χ2n) is 3.68. The maximum Gasteiger partial charge on any atom is 0.508 e. The Hall–Kier alpha value is -0.730. The molecule has 3 nitrogen and oxygen atoms in total. The molecule has 0 fully saturated rings. The zero-order valence-corrected chi connectivity index (χ0v) is 9.71. The standard InChI is InChI=1S/C11H22O3/c1-5-7-9(3)13-11(12)14-10(4)8-6-2/h9-10H,5-8H2,1-4H3. The zero-order chi connectivity index (χ0) is 11.0. The lowest BCUT2D eigenvalue weighted by atomic mass is 10.2. The number of hydrogen-bond donors (Lipinski definition) is 0. The van der Waals surface area contributed by atoms with Crippen LogP contribution in [0.5, 0.6) is 0 Å². The quantitative estimate of drug-likeness (QED) is 0.618. The van der Waals surface area contributed by atoms with Crippen LogP contribution < -0.4 is 0 Å². The van der Waals surface area contributed by atoms with Gasteiger partial charge in [-0.25, -0.2) is 4.79 Å². The predicted octanol–water partition coefficient (Wildman–Crippen LogP) is 3.52. The van der Waals surface area contributed by atoms with Gasteiger partial charge in [-0.05, 0) is 26.7 Å². The fourth-order valence-electron chi connectivity index (χ4n) is 1.29. The fraction of sp³-hybridized carbons (Fsp3) is 0.909. The number of carbonyl (C=O) groups excluding carboxylic acids is 1. The SMILES string of the molecule is CCCC(C)OC(=O)OC(C)CCC. The molecular formula is C11H22O3. The molecule has 0 aliphatic rings. The predicted molar refractivity (Wildman–Crippen MR) is 56.3 cm³/mol. The molecule has 0 bridgehead atoms. The van der Waals surface area contributed by atoms with Crippen LogP contribution in [0.4, 0.5) is 4.79 Å². The maximum absolute atomic E-state index is 11.2. The van der Waals surface area contributed by atoms with Gasteiger partial charge in [0, 0.05) is 0 Å². The van der Waals surface area contributed by atoms with Gasteiger partial charge < -0.3 is 9.47 Å². The van der Waals surface area contributed by atoms with Crippen LogP contribution in [0, 0.1) is 0 Å². The lowest BCUT2D eigenvalue weighted by Gasteiger charge is -2.15. The van der Waals surface area contributed by atoms with Crippen molar-refractivity contribution < 1.29 is 14.3 Å². The first-order chi connectivity index (χ1) is 6.60. The monoisotopic (exact) mass is 202 g/mol. The van der Waals surface area contributed by atoms with Crippen molar-refractivity contribution in [2.45, 2.75) is 65.6 Å². The molecule has 0 radical (unpaired) electrons. The van der Waals surface area contributed by atoms with E-state index in [2.05, 4.69) is 13.8 Å². The van der Waals surface area contributed by atoms with Crippen molar-refractivity contribution in [3.63, 3.8) is 0 Å². The van der Waals surface area contributed by atoms with Crippen LogP contribution in [-0.4, -0.2) is 18.4 Å². The molecule has 0 aliphatic carbocycles. The van der Waals surface area contributed by atoms with E-state index in [0.29, 0.717) is 0 Å². The van der Waals surface area contributed by atoms with Crippen molar-refractivity contribution in [1.82, 2.24) is 0 Å². The average molecular weight is 202 g/mol. The second kappa shape index (κ2) is 7.65. The van der Waals surface area contributed by atoms with E-state index in [1.54, 1.807) is 0 Å². The summed E-state index contributed by atoms with van der Waals surface area (Å²) < 4.78 is 10.1. The molecule has 0 aromatic carbocycles. The van der Waals surface area contributed by atoms with Gasteiger partial charge in [0.2, 0.25) is 0 Å². The summed E-state index contributed by atoms with van der Waals surface area (Å²) in [7, 11) is 0. The maximum atomic E-state index is 11.2. The van der Waals surface area contributed by atoms with E-state index in [9.17, 15) is 4.79 Å². The lowest BCUT2D eigenvalue weighted by Crippen LogP contribution is -2.20. The number of rotatable bonds is 6. The molecule has 0 saturated carbocycles. The lowest BCUT2D eigenvalue weighted by molar-refractivity contribution is 0.00350. The Morgan fingerprint density at radius 2 is 1.36 bits per heavy atom. The Morgan fingerprint density at radius 1 is 1.00 bits per heavy atom. The molecule has 0 heterocycles. The average Bonchev–Trinajstić information content (AvgIpc) is 2.03. The van der Waals surface area contributed by atoms with Gasteiger partial charge in [0.1, 0.15) is 12.2 Å². The summed E-state index contributed by atoms with van der Waals surface area (Å²) in [5.74, 6) is 0. The van der Waals surface area contributed by atoms with E-state index >= 15 is 0 Å². The summed E-state index contributed by atoms with van der Waals surface area (Å²) in [6.45, 7) is 7.89. The van der Waals surface area contributed by atoms with Crippen LogP contribution in [0.3, 0.4) is 0 Å². The van der Waals surface area contributed by atoms with Gasteiger partial charge in [-0.2, -0.15) is 0 Å². The van der Waals surface area contributed by atoms with Gasteiger partial charge in [-0.3, -0.25) is 0 Å². The second-order valence-corrected chi connectivity index (χ2v) is 3.68. The van der Waals surface area contributed by atoms with Gasteiger partial charge in [-0.1, -0.05) is 26.7 Å². The first kappa shape index (κ1) is 13.3. The molecule has 0 aliphatic heterocycles. The van der Waals surface area contributed by atoms with E-state index in [4.69, 9.17) is 9.47 Å². The third-order valence-corrected chi connectivity index (χ3v) is 1.99. The first-order valence-corrected chi connectivity index (χ1v) is 5.47. The Balaban J connectivity index is 3.63. The molecule has 0 N–H and O–H groups in total. The molecule has 2 atom stereocenters. The minimum Gasteiger partial charge on any atom is -0.431 e. The minimum absolute atomic E-state index is 0.0404. The molecule has 0 aromatic rings. The highest BCUT2D eigenvalue weighted by Gasteiger charge is 2.12. The van der Waals surface area contributed by atoms with Gasteiger partial charge in [0.15, 0.2) is 0 Å². The molecule has 14 heavy (non-hydrogen) atoms. The Bertz CT molecular complexity index is 141. The van der Waals surface area contributed by atoms with Crippen LogP contribution in [0.2, 0.25) is 0 Å². The minimum atomic E-state index is -0.535. The van der Waals surface area contributed by atoms with Crippen molar-refractivity contribution in [3.05, 3.63) is 0 Å². The van der Waals surface area contributed by atoms with Gasteiger partial charge in [-0.15, -0.1) is 0 Å². The summed E-state index contributed by atoms with van der Waals surface area (Å²) in [6, 6.07) is 0. The van der Waals surface area contributed by atoms with E-state index in [-0.39, 0.29) is 12.2 Å². The van der Waals surface area contributed by atoms with E-state index < -0.39 is 6.16 Å². The van der Waals surface area contributed by atoms with Crippen molar-refractivity contribution in [2.24, 2.45) is 0 Å². The van der Waals surface area contributed by atoms with E-state index in [1.165, 1.54) is 0 Å². The zero-order valence-electron chi connectivity index (χ0n) is 9.71. The van der Waals surface area contributed by atoms with Gasteiger partial charge in [0.05, 0.1) is 0 Å². The summed E-state index contributed by atoms with van der Waals surface area (Å²) in [5, 5.41) is 0. The molecule has 0 aromatic heterocycles. The summed E-state index contributed by atoms with van der Waals surface area (Å²) in [6.07, 6.45) is 3.18. The van der Waals surface area contributed by atoms with E-state index in [0.717, 1.165) is 25.7 Å². The van der Waals surface area contributed by atoms with Crippen molar-refractivity contribution in [2.75, 3.05) is 0 Å². The Labute approximate surface area is 86.8 Å². The number of carbonyl (C=O) groups is 1. The molecule has 0 spiro atoms. The van der Waals surface area contributed by atoms with Crippen LogP contribution in [-0.2, 0) is 9.47 Å². The number of hydrogen-bond acceptors (Lipinski definition) is 3. The normalized spacial score (nSPS) is 14.6. The summed E-state index contributed by atoms with van der Waals surface area (Å²) >= 11 is 0. The van der Waals surface area contributed by atoms with Crippen molar-refractivity contribution in [3.8, 4) is 0 Å². The molecule has 0 saturated heterocycles. The van der Waals surface area contributed by atoms with E-state index in [1.807, 2.05) is 13.8 Å². The largest absolute Gasteiger partial charge is 0.508 e. The molecule has 84 valence electrons. The molecule has 0 rings (SSSR count). The fourth-order valence-corrected chi connectivity index (χ4v) is 1.29. The topological polar surface area (TPSA) is 35.5 Å². The highest BCUT2D eigenvalue weighted by Crippen LogP contribution is 2.06. The highest BCUT2D eigenvalue weighted by molar-refractivity contribution is 5.60. The smallest absolute Gasteiger partial charge is 0.431 e. The van der Waals surface area contributed by atoms with Gasteiger partial charge >= 0.3 is 6.16 Å². The molecular weight excluding hydrogens is 180 g/mol. The highest BCUT2D eigenvalue weighted by atomic mass is 16.7. The van der Waals surface area contributed by atoms with Crippen molar-refractivity contribution >= 4 is 6.16 Å². The molecule has 2 unspecified atom stereocenters. The summed E-state index contributed by atoms with van der Waals surface area (Å²) in [5.41, 5.74) is 0. The summed E-state index contributed by atoms with van der Waals surface area (Å²) in [4.78, 5) is 11.2.